The quantitative estimate of drug-likeness (QED) is 0.633. The molecule has 0 saturated heterocycles. The molecule has 14 heavy (non-hydrogen) atoms. The largest absolute Gasteiger partial charge is 0.466 e. The second kappa shape index (κ2) is 5.38. The zero-order valence-corrected chi connectivity index (χ0v) is 9.47. The van der Waals surface area contributed by atoms with Crippen molar-refractivity contribution in [1.29, 1.82) is 0 Å². The zero-order chi connectivity index (χ0) is 10.4. The first-order valence-corrected chi connectivity index (χ1v) is 5.92. The molecular weight excluding hydrogens is 176 g/mol. The Morgan fingerprint density at radius 1 is 1.29 bits per heavy atom. The van der Waals surface area contributed by atoms with E-state index in [2.05, 4.69) is 6.92 Å². The van der Waals surface area contributed by atoms with Crippen LogP contribution in [0.3, 0.4) is 0 Å². The first-order chi connectivity index (χ1) is 6.75. The van der Waals surface area contributed by atoms with E-state index in [1.165, 1.54) is 19.3 Å². The molecule has 0 aromatic carbocycles. The van der Waals surface area contributed by atoms with Gasteiger partial charge in [0.25, 0.3) is 0 Å². The normalized spacial score (nSPS) is 19.6. The van der Waals surface area contributed by atoms with Gasteiger partial charge in [-0.25, -0.2) is 0 Å². The predicted molar refractivity (Wildman–Crippen MR) is 57.1 cm³/mol. The van der Waals surface area contributed by atoms with Crippen LogP contribution in [-0.4, -0.2) is 12.6 Å². The predicted octanol–water partition coefficient (Wildman–Crippen LogP) is 3.30. The van der Waals surface area contributed by atoms with Crippen LogP contribution in [0, 0.1) is 5.41 Å². The summed E-state index contributed by atoms with van der Waals surface area (Å²) in [6, 6.07) is 0. The molecule has 1 saturated carbocycles. The van der Waals surface area contributed by atoms with Gasteiger partial charge in [-0.05, 0) is 26.2 Å². The van der Waals surface area contributed by atoms with E-state index in [1.807, 2.05) is 6.92 Å². The van der Waals surface area contributed by atoms with Gasteiger partial charge in [0.15, 0.2) is 0 Å². The first kappa shape index (κ1) is 11.5. The SMILES string of the molecule is CCCCC1(C(=O)OCC)CCCC1. The Kier molecular flexibility index (Phi) is 4.43. The Balaban J connectivity index is 2.56. The second-order valence-electron chi connectivity index (χ2n) is 4.31. The third-order valence-corrected chi connectivity index (χ3v) is 3.28. The highest BCUT2D eigenvalue weighted by molar-refractivity contribution is 5.77. The van der Waals surface area contributed by atoms with Gasteiger partial charge in [-0.3, -0.25) is 4.79 Å². The van der Waals surface area contributed by atoms with E-state index in [-0.39, 0.29) is 11.4 Å². The fourth-order valence-corrected chi connectivity index (χ4v) is 2.41. The number of hydrogen-bond acceptors (Lipinski definition) is 2. The molecule has 1 aliphatic carbocycles. The maximum atomic E-state index is 11.9. The van der Waals surface area contributed by atoms with Crippen molar-refractivity contribution in [3.8, 4) is 0 Å². The summed E-state index contributed by atoms with van der Waals surface area (Å²) in [5.74, 6) is 0.0611. The van der Waals surface area contributed by atoms with E-state index >= 15 is 0 Å². The van der Waals surface area contributed by atoms with Crippen LogP contribution in [0.2, 0.25) is 0 Å². The van der Waals surface area contributed by atoms with Crippen LogP contribution in [-0.2, 0) is 9.53 Å². The minimum atomic E-state index is -0.105. The second-order valence-corrected chi connectivity index (χ2v) is 4.31. The van der Waals surface area contributed by atoms with Gasteiger partial charge in [0.05, 0.1) is 12.0 Å². The van der Waals surface area contributed by atoms with Crippen LogP contribution < -0.4 is 0 Å². The molecule has 2 nitrogen and oxygen atoms in total. The van der Waals surface area contributed by atoms with Crippen molar-refractivity contribution in [2.24, 2.45) is 5.41 Å². The Hall–Kier alpha value is -0.530. The van der Waals surface area contributed by atoms with E-state index in [0.717, 1.165) is 25.7 Å². The van der Waals surface area contributed by atoms with E-state index < -0.39 is 0 Å². The zero-order valence-electron chi connectivity index (χ0n) is 9.47. The lowest BCUT2D eigenvalue weighted by atomic mass is 9.81. The van der Waals surface area contributed by atoms with Crippen molar-refractivity contribution in [2.75, 3.05) is 6.61 Å². The number of hydrogen-bond donors (Lipinski definition) is 0. The topological polar surface area (TPSA) is 26.3 Å². The molecule has 1 fully saturated rings. The molecule has 0 aromatic rings. The molecule has 0 aliphatic heterocycles. The monoisotopic (exact) mass is 198 g/mol. The molecule has 0 amide bonds. The molecule has 0 unspecified atom stereocenters. The van der Waals surface area contributed by atoms with Crippen molar-refractivity contribution in [3.05, 3.63) is 0 Å². The van der Waals surface area contributed by atoms with Gasteiger partial charge in [0, 0.05) is 0 Å². The number of carbonyl (C=O) groups is 1. The summed E-state index contributed by atoms with van der Waals surface area (Å²) in [7, 11) is 0. The number of esters is 1. The minimum Gasteiger partial charge on any atom is -0.466 e. The molecule has 0 heterocycles. The third-order valence-electron chi connectivity index (χ3n) is 3.28. The molecule has 2 heteroatoms. The van der Waals surface area contributed by atoms with E-state index in [1.54, 1.807) is 0 Å². The lowest BCUT2D eigenvalue weighted by Crippen LogP contribution is -2.30. The summed E-state index contributed by atoms with van der Waals surface area (Å²) in [6.07, 6.45) is 7.84. The maximum absolute atomic E-state index is 11.9. The fraction of sp³-hybridized carbons (Fsp3) is 0.917. The van der Waals surface area contributed by atoms with Gasteiger partial charge in [-0.1, -0.05) is 32.6 Å². The molecule has 82 valence electrons. The Morgan fingerprint density at radius 3 is 2.43 bits per heavy atom. The summed E-state index contributed by atoms with van der Waals surface area (Å²) in [5, 5.41) is 0. The van der Waals surface area contributed by atoms with Gasteiger partial charge in [-0.2, -0.15) is 0 Å². The molecule has 0 radical (unpaired) electrons. The van der Waals surface area contributed by atoms with Crippen molar-refractivity contribution < 1.29 is 9.53 Å². The van der Waals surface area contributed by atoms with Gasteiger partial charge >= 0.3 is 5.97 Å². The lowest BCUT2D eigenvalue weighted by Gasteiger charge is -2.26. The maximum Gasteiger partial charge on any atom is 0.312 e. The summed E-state index contributed by atoms with van der Waals surface area (Å²) in [4.78, 5) is 11.9. The standard InChI is InChI=1S/C12H22O2/c1-3-5-8-12(9-6-7-10-12)11(13)14-4-2/h3-10H2,1-2H3. The highest BCUT2D eigenvalue weighted by Crippen LogP contribution is 2.43. The smallest absolute Gasteiger partial charge is 0.312 e. The van der Waals surface area contributed by atoms with Crippen LogP contribution in [0.5, 0.6) is 0 Å². The number of carbonyl (C=O) groups excluding carboxylic acids is 1. The van der Waals surface area contributed by atoms with Crippen molar-refractivity contribution in [1.82, 2.24) is 0 Å². The molecular formula is C12H22O2. The number of ether oxygens (including phenoxy) is 1. The highest BCUT2D eigenvalue weighted by atomic mass is 16.5. The molecule has 1 rings (SSSR count). The van der Waals surface area contributed by atoms with E-state index in [9.17, 15) is 4.79 Å². The molecule has 0 bridgehead atoms. The van der Waals surface area contributed by atoms with Crippen LogP contribution >= 0.6 is 0 Å². The molecule has 1 aliphatic rings. The summed E-state index contributed by atoms with van der Waals surface area (Å²) in [6.45, 7) is 4.58. The van der Waals surface area contributed by atoms with E-state index in [0.29, 0.717) is 6.61 Å². The molecule has 0 N–H and O–H groups in total. The Bertz CT molecular complexity index is 181. The van der Waals surface area contributed by atoms with Gasteiger partial charge in [0.1, 0.15) is 0 Å². The summed E-state index contributed by atoms with van der Waals surface area (Å²) < 4.78 is 5.19. The lowest BCUT2D eigenvalue weighted by molar-refractivity contribution is -0.155. The van der Waals surface area contributed by atoms with Crippen molar-refractivity contribution in [3.63, 3.8) is 0 Å². The average molecular weight is 198 g/mol. The number of unbranched alkanes of at least 4 members (excludes halogenated alkanes) is 1. The molecule has 0 spiro atoms. The molecule has 0 atom stereocenters. The number of rotatable bonds is 5. The van der Waals surface area contributed by atoms with E-state index in [4.69, 9.17) is 4.74 Å². The summed E-state index contributed by atoms with van der Waals surface area (Å²) >= 11 is 0. The van der Waals surface area contributed by atoms with Gasteiger partial charge in [0.2, 0.25) is 0 Å². The van der Waals surface area contributed by atoms with Crippen LogP contribution in [0.1, 0.15) is 58.8 Å². The Labute approximate surface area is 87.0 Å². The van der Waals surface area contributed by atoms with Crippen LogP contribution in [0.25, 0.3) is 0 Å². The third kappa shape index (κ3) is 2.49. The summed E-state index contributed by atoms with van der Waals surface area (Å²) in [5.41, 5.74) is -0.105. The van der Waals surface area contributed by atoms with Crippen LogP contribution in [0.15, 0.2) is 0 Å². The van der Waals surface area contributed by atoms with Gasteiger partial charge < -0.3 is 4.74 Å². The molecule has 0 aromatic heterocycles. The van der Waals surface area contributed by atoms with Crippen molar-refractivity contribution >= 4 is 5.97 Å². The highest BCUT2D eigenvalue weighted by Gasteiger charge is 2.41. The minimum absolute atomic E-state index is 0.0611. The van der Waals surface area contributed by atoms with Gasteiger partial charge in [-0.15, -0.1) is 0 Å². The average Bonchev–Trinajstić information content (AvgIpc) is 2.65. The van der Waals surface area contributed by atoms with Crippen LogP contribution in [0.4, 0.5) is 0 Å². The van der Waals surface area contributed by atoms with Crippen molar-refractivity contribution in [2.45, 2.75) is 58.8 Å². The fourth-order valence-electron chi connectivity index (χ4n) is 2.41. The Morgan fingerprint density at radius 2 is 1.93 bits per heavy atom. The first-order valence-electron chi connectivity index (χ1n) is 5.92.